The summed E-state index contributed by atoms with van der Waals surface area (Å²) in [6.07, 6.45) is 3.13. The molecule has 0 bridgehead atoms. The summed E-state index contributed by atoms with van der Waals surface area (Å²) in [5, 5.41) is 3.16. The van der Waals surface area contributed by atoms with Gasteiger partial charge < -0.3 is 5.32 Å². The Morgan fingerprint density at radius 3 is 3.00 bits per heavy atom. The smallest absolute Gasteiger partial charge is 0.166 e. The van der Waals surface area contributed by atoms with E-state index in [1.54, 1.807) is 11.7 Å². The minimum absolute atomic E-state index is 0.202. The van der Waals surface area contributed by atoms with Crippen molar-refractivity contribution in [1.82, 2.24) is 9.97 Å². The number of pyridine rings is 1. The van der Waals surface area contributed by atoms with Crippen LogP contribution in [0.4, 0.5) is 10.2 Å². The average molecular weight is 244 g/mol. The molecule has 2 rings (SSSR count). The lowest BCUT2D eigenvalue weighted by atomic mass is 10.4. The summed E-state index contributed by atoms with van der Waals surface area (Å²) in [5.41, 5.74) is 1.72. The Labute approximate surface area is 95.0 Å². The van der Waals surface area contributed by atoms with Crippen LogP contribution in [0.2, 0.25) is 5.02 Å². The molecule has 0 aliphatic rings. The van der Waals surface area contributed by atoms with Crippen LogP contribution >= 0.6 is 22.9 Å². The lowest BCUT2D eigenvalue weighted by molar-refractivity contribution is 0.624. The Bertz CT molecular complexity index is 447. The number of hydrogen-bond acceptors (Lipinski definition) is 4. The molecule has 78 valence electrons. The first-order valence-electron chi connectivity index (χ1n) is 4.18. The number of nitrogens with zero attached hydrogens (tertiary/aromatic N) is 2. The third-order valence-corrected chi connectivity index (χ3v) is 2.71. The number of nitrogens with one attached hydrogen (secondary N) is 1. The van der Waals surface area contributed by atoms with Gasteiger partial charge >= 0.3 is 0 Å². The van der Waals surface area contributed by atoms with Gasteiger partial charge in [0.2, 0.25) is 0 Å². The number of anilines is 1. The second-order valence-electron chi connectivity index (χ2n) is 2.81. The highest BCUT2D eigenvalue weighted by Gasteiger charge is 2.04. The van der Waals surface area contributed by atoms with Gasteiger partial charge in [0, 0.05) is 17.3 Å². The van der Waals surface area contributed by atoms with Gasteiger partial charge in [-0.15, -0.1) is 11.3 Å². The normalized spacial score (nSPS) is 10.3. The number of thiazole rings is 1. The first kappa shape index (κ1) is 10.3. The molecule has 2 aromatic rings. The van der Waals surface area contributed by atoms with Crippen molar-refractivity contribution in [2.24, 2.45) is 0 Å². The average Bonchev–Trinajstić information content (AvgIpc) is 2.69. The molecular weight excluding hydrogens is 237 g/mol. The number of aromatic nitrogens is 2. The monoisotopic (exact) mass is 243 g/mol. The van der Waals surface area contributed by atoms with E-state index in [2.05, 4.69) is 15.3 Å². The Morgan fingerprint density at radius 2 is 2.33 bits per heavy atom. The molecular formula is C9H7ClFN3S. The van der Waals surface area contributed by atoms with Crippen LogP contribution in [0, 0.1) is 5.82 Å². The van der Waals surface area contributed by atoms with Crippen molar-refractivity contribution in [3.63, 3.8) is 0 Å². The molecule has 0 saturated heterocycles. The fourth-order valence-electron chi connectivity index (χ4n) is 1.04. The van der Waals surface area contributed by atoms with Crippen LogP contribution in [0.1, 0.15) is 4.88 Å². The van der Waals surface area contributed by atoms with Gasteiger partial charge in [-0.2, -0.15) is 0 Å². The number of halogens is 2. The third-order valence-electron chi connectivity index (χ3n) is 1.72. The van der Waals surface area contributed by atoms with Gasteiger partial charge in [-0.25, -0.2) is 9.37 Å². The van der Waals surface area contributed by atoms with Gasteiger partial charge in [-0.05, 0) is 6.07 Å². The molecule has 0 aliphatic heterocycles. The predicted molar refractivity (Wildman–Crippen MR) is 58.6 cm³/mol. The van der Waals surface area contributed by atoms with Crippen LogP contribution in [0.5, 0.6) is 0 Å². The molecule has 0 radical (unpaired) electrons. The topological polar surface area (TPSA) is 37.8 Å². The van der Waals surface area contributed by atoms with Crippen molar-refractivity contribution in [2.75, 3.05) is 5.32 Å². The maximum atomic E-state index is 13.3. The summed E-state index contributed by atoms with van der Waals surface area (Å²) in [6.45, 7) is 0.510. The second-order valence-corrected chi connectivity index (χ2v) is 4.21. The molecule has 0 amide bonds. The molecule has 15 heavy (non-hydrogen) atoms. The van der Waals surface area contributed by atoms with Gasteiger partial charge in [0.1, 0.15) is 0 Å². The van der Waals surface area contributed by atoms with Crippen LogP contribution < -0.4 is 5.32 Å². The minimum Gasteiger partial charge on any atom is -0.363 e. The summed E-state index contributed by atoms with van der Waals surface area (Å²) in [5.74, 6) is -0.250. The Kier molecular flexibility index (Phi) is 3.13. The first-order valence-corrected chi connectivity index (χ1v) is 5.44. The minimum atomic E-state index is -0.452. The standard InChI is InChI=1S/C9H7ClFN3S/c10-6-1-8(11)9(13-2-6)14-4-7-3-12-5-15-7/h1-3,5H,4H2,(H,13,14). The van der Waals surface area contributed by atoms with Crippen molar-refractivity contribution in [3.05, 3.63) is 39.7 Å². The summed E-state index contributed by atoms with van der Waals surface area (Å²) < 4.78 is 13.3. The molecule has 3 nitrogen and oxygen atoms in total. The molecule has 2 aromatic heterocycles. The van der Waals surface area contributed by atoms with Crippen LogP contribution in [0.15, 0.2) is 24.0 Å². The van der Waals surface area contributed by atoms with Crippen molar-refractivity contribution < 1.29 is 4.39 Å². The molecule has 0 aliphatic carbocycles. The van der Waals surface area contributed by atoms with Crippen LogP contribution in [0.25, 0.3) is 0 Å². The fraction of sp³-hybridized carbons (Fsp3) is 0.111. The molecule has 0 unspecified atom stereocenters. The lowest BCUT2D eigenvalue weighted by Gasteiger charge is -2.04. The molecule has 0 aromatic carbocycles. The van der Waals surface area contributed by atoms with Crippen LogP contribution in [0.3, 0.4) is 0 Å². The van der Waals surface area contributed by atoms with E-state index >= 15 is 0 Å². The van der Waals surface area contributed by atoms with E-state index in [0.717, 1.165) is 4.88 Å². The van der Waals surface area contributed by atoms with E-state index in [-0.39, 0.29) is 10.8 Å². The molecule has 0 atom stereocenters. The van der Waals surface area contributed by atoms with Gasteiger partial charge in [0.05, 0.1) is 17.1 Å². The van der Waals surface area contributed by atoms with E-state index in [1.165, 1.54) is 23.6 Å². The Hall–Kier alpha value is -1.20. The largest absolute Gasteiger partial charge is 0.363 e. The molecule has 1 N–H and O–H groups in total. The van der Waals surface area contributed by atoms with Gasteiger partial charge in [-0.1, -0.05) is 11.6 Å². The third kappa shape index (κ3) is 2.64. The fourth-order valence-corrected chi connectivity index (χ4v) is 1.72. The Balaban J connectivity index is 2.05. The van der Waals surface area contributed by atoms with E-state index < -0.39 is 5.82 Å². The van der Waals surface area contributed by atoms with Crippen molar-refractivity contribution in [1.29, 1.82) is 0 Å². The summed E-state index contributed by atoms with van der Waals surface area (Å²) in [4.78, 5) is 8.78. The molecule has 6 heteroatoms. The zero-order valence-corrected chi connectivity index (χ0v) is 9.15. The quantitative estimate of drug-likeness (QED) is 0.901. The highest BCUT2D eigenvalue weighted by Crippen LogP contribution is 2.16. The first-order chi connectivity index (χ1) is 7.25. The summed E-state index contributed by atoms with van der Waals surface area (Å²) >= 11 is 7.08. The SMILES string of the molecule is Fc1cc(Cl)cnc1NCc1cncs1. The van der Waals surface area contributed by atoms with Crippen LogP contribution in [-0.4, -0.2) is 9.97 Å². The molecule has 0 fully saturated rings. The van der Waals surface area contributed by atoms with E-state index in [0.29, 0.717) is 6.54 Å². The summed E-state index contributed by atoms with van der Waals surface area (Å²) in [6, 6.07) is 1.23. The predicted octanol–water partition coefficient (Wildman–Crippen LogP) is 2.94. The van der Waals surface area contributed by atoms with Crippen molar-refractivity contribution >= 4 is 28.8 Å². The van der Waals surface area contributed by atoms with Gasteiger partial charge in [0.15, 0.2) is 11.6 Å². The maximum absolute atomic E-state index is 13.3. The van der Waals surface area contributed by atoms with Gasteiger partial charge in [-0.3, -0.25) is 4.98 Å². The van der Waals surface area contributed by atoms with Gasteiger partial charge in [0.25, 0.3) is 0 Å². The van der Waals surface area contributed by atoms with Crippen molar-refractivity contribution in [2.45, 2.75) is 6.54 Å². The molecule has 0 spiro atoms. The molecule has 2 heterocycles. The zero-order valence-electron chi connectivity index (χ0n) is 7.58. The second kappa shape index (κ2) is 4.55. The zero-order chi connectivity index (χ0) is 10.7. The highest BCUT2D eigenvalue weighted by molar-refractivity contribution is 7.09. The maximum Gasteiger partial charge on any atom is 0.166 e. The highest BCUT2D eigenvalue weighted by atomic mass is 35.5. The summed E-state index contributed by atoms with van der Waals surface area (Å²) in [7, 11) is 0. The number of rotatable bonds is 3. The lowest BCUT2D eigenvalue weighted by Crippen LogP contribution is -2.02. The van der Waals surface area contributed by atoms with E-state index in [4.69, 9.17) is 11.6 Å². The van der Waals surface area contributed by atoms with Crippen molar-refractivity contribution in [3.8, 4) is 0 Å². The Morgan fingerprint density at radius 1 is 1.47 bits per heavy atom. The van der Waals surface area contributed by atoms with E-state index in [1.807, 2.05) is 0 Å². The van der Waals surface area contributed by atoms with Crippen LogP contribution in [-0.2, 0) is 6.54 Å². The van der Waals surface area contributed by atoms with E-state index in [9.17, 15) is 4.39 Å². The number of hydrogen-bond donors (Lipinski definition) is 1. The molecule has 0 saturated carbocycles.